The number of rotatable bonds is 3. The summed E-state index contributed by atoms with van der Waals surface area (Å²) in [6.45, 7) is 5.36. The molecule has 0 saturated carbocycles. The van der Waals surface area contributed by atoms with Gasteiger partial charge >= 0.3 is 6.09 Å². The molecule has 0 fully saturated rings. The van der Waals surface area contributed by atoms with Crippen LogP contribution in [0.5, 0.6) is 0 Å². The minimum absolute atomic E-state index is 0.0535. The van der Waals surface area contributed by atoms with Crippen LogP contribution >= 0.6 is 11.6 Å². The lowest BCUT2D eigenvalue weighted by molar-refractivity contribution is 0.0626. The molecule has 0 spiro atoms. The molecule has 1 aliphatic heterocycles. The summed E-state index contributed by atoms with van der Waals surface area (Å²) in [6.07, 6.45) is -0.591. The van der Waals surface area contributed by atoms with Gasteiger partial charge < -0.3 is 4.74 Å². The van der Waals surface area contributed by atoms with Gasteiger partial charge in [0, 0.05) is 10.7 Å². The number of fused-ring (bicyclic) bond motifs is 1. The Labute approximate surface area is 162 Å². The quantitative estimate of drug-likeness (QED) is 0.789. The van der Waals surface area contributed by atoms with Crippen molar-refractivity contribution in [2.24, 2.45) is 0 Å². The number of imide groups is 1. The maximum atomic E-state index is 12.5. The molecule has 0 atom stereocenters. The Morgan fingerprint density at radius 2 is 1.67 bits per heavy atom. The van der Waals surface area contributed by atoms with Crippen LogP contribution in [-0.2, 0) is 11.3 Å². The summed E-state index contributed by atoms with van der Waals surface area (Å²) in [7, 11) is 0. The van der Waals surface area contributed by atoms with E-state index in [-0.39, 0.29) is 18.4 Å². The number of ether oxygens (including phenoxy) is 1. The zero-order valence-electron chi connectivity index (χ0n) is 15.2. The molecule has 0 aromatic heterocycles. The fourth-order valence-electron chi connectivity index (χ4n) is 2.73. The lowest BCUT2D eigenvalue weighted by Gasteiger charge is -2.20. The number of nitrogens with one attached hydrogen (secondary N) is 1. The van der Waals surface area contributed by atoms with Gasteiger partial charge in [-0.05, 0) is 50.6 Å². The molecule has 0 aliphatic carbocycles. The smallest absolute Gasteiger partial charge is 0.412 e. The molecule has 140 valence electrons. The highest BCUT2D eigenvalue weighted by atomic mass is 35.5. The Balaban J connectivity index is 1.73. The van der Waals surface area contributed by atoms with E-state index < -0.39 is 11.7 Å². The van der Waals surface area contributed by atoms with E-state index in [9.17, 15) is 14.4 Å². The zero-order chi connectivity index (χ0) is 19.8. The average Bonchev–Trinajstić information content (AvgIpc) is 2.81. The second-order valence-electron chi connectivity index (χ2n) is 7.18. The number of hydrogen-bond donors (Lipinski definition) is 1. The largest absolute Gasteiger partial charge is 0.444 e. The highest BCUT2D eigenvalue weighted by molar-refractivity contribution is 6.31. The van der Waals surface area contributed by atoms with Crippen LogP contribution in [0, 0.1) is 0 Å². The molecular weight excluding hydrogens is 368 g/mol. The summed E-state index contributed by atoms with van der Waals surface area (Å²) in [5, 5.41) is 2.93. The van der Waals surface area contributed by atoms with Crippen LogP contribution in [0.25, 0.3) is 0 Å². The molecule has 7 heteroatoms. The van der Waals surface area contributed by atoms with Crippen molar-refractivity contribution in [3.63, 3.8) is 0 Å². The van der Waals surface area contributed by atoms with Gasteiger partial charge in [0.15, 0.2) is 0 Å². The fraction of sp³-hybridized carbons (Fsp3) is 0.250. The van der Waals surface area contributed by atoms with E-state index in [1.54, 1.807) is 63.2 Å². The molecule has 2 aromatic carbocycles. The van der Waals surface area contributed by atoms with Crippen LogP contribution in [0.3, 0.4) is 0 Å². The first-order valence-electron chi connectivity index (χ1n) is 8.39. The molecule has 1 heterocycles. The second-order valence-corrected chi connectivity index (χ2v) is 7.58. The van der Waals surface area contributed by atoms with Gasteiger partial charge in [0.1, 0.15) is 5.60 Å². The highest BCUT2D eigenvalue weighted by Crippen LogP contribution is 2.28. The van der Waals surface area contributed by atoms with Crippen molar-refractivity contribution < 1.29 is 19.1 Å². The average molecular weight is 387 g/mol. The molecule has 3 rings (SSSR count). The van der Waals surface area contributed by atoms with E-state index in [0.717, 1.165) is 4.90 Å². The molecule has 6 nitrogen and oxygen atoms in total. The molecule has 1 aliphatic rings. The van der Waals surface area contributed by atoms with E-state index in [1.165, 1.54) is 0 Å². The van der Waals surface area contributed by atoms with Gasteiger partial charge in [0.05, 0.1) is 17.7 Å². The van der Waals surface area contributed by atoms with E-state index in [4.69, 9.17) is 16.3 Å². The van der Waals surface area contributed by atoms with Crippen molar-refractivity contribution in [1.82, 2.24) is 4.90 Å². The Hall–Kier alpha value is -2.86. The van der Waals surface area contributed by atoms with Gasteiger partial charge in [-0.3, -0.25) is 19.8 Å². The third kappa shape index (κ3) is 4.11. The summed E-state index contributed by atoms with van der Waals surface area (Å²) in [6, 6.07) is 11.6. The predicted molar refractivity (Wildman–Crippen MR) is 102 cm³/mol. The molecule has 2 aromatic rings. The number of anilines is 1. The Kier molecular flexibility index (Phi) is 4.93. The van der Waals surface area contributed by atoms with E-state index >= 15 is 0 Å². The van der Waals surface area contributed by atoms with E-state index in [1.807, 2.05) is 0 Å². The first kappa shape index (κ1) is 18.9. The van der Waals surface area contributed by atoms with Gasteiger partial charge in [-0.2, -0.15) is 0 Å². The Morgan fingerprint density at radius 3 is 2.19 bits per heavy atom. The lowest BCUT2D eigenvalue weighted by Crippen LogP contribution is -2.29. The molecular formula is C20H19ClN2O4. The molecule has 0 bridgehead atoms. The number of carbonyl (C=O) groups is 3. The van der Waals surface area contributed by atoms with Crippen molar-refractivity contribution >= 4 is 35.2 Å². The summed E-state index contributed by atoms with van der Waals surface area (Å²) in [5.41, 5.74) is 1.23. The van der Waals surface area contributed by atoms with Gasteiger partial charge in [-0.25, -0.2) is 4.79 Å². The Bertz CT molecular complexity index is 899. The van der Waals surface area contributed by atoms with Crippen LogP contribution < -0.4 is 5.32 Å². The van der Waals surface area contributed by atoms with E-state index in [0.29, 0.717) is 27.4 Å². The first-order valence-corrected chi connectivity index (χ1v) is 8.77. The summed E-state index contributed by atoms with van der Waals surface area (Å²) in [5.74, 6) is -0.690. The second kappa shape index (κ2) is 7.04. The molecule has 27 heavy (non-hydrogen) atoms. The van der Waals surface area contributed by atoms with Gasteiger partial charge in [0.2, 0.25) is 0 Å². The van der Waals surface area contributed by atoms with Crippen LogP contribution in [0.1, 0.15) is 47.1 Å². The van der Waals surface area contributed by atoms with Crippen LogP contribution in [-0.4, -0.2) is 28.4 Å². The fourth-order valence-corrected chi connectivity index (χ4v) is 2.97. The molecule has 0 radical (unpaired) electrons. The van der Waals surface area contributed by atoms with Crippen LogP contribution in [0.4, 0.5) is 10.5 Å². The van der Waals surface area contributed by atoms with Crippen molar-refractivity contribution in [1.29, 1.82) is 0 Å². The number of halogens is 1. The third-order valence-corrected chi connectivity index (χ3v) is 4.26. The number of amides is 3. The van der Waals surface area contributed by atoms with Crippen molar-refractivity contribution in [2.45, 2.75) is 32.9 Å². The number of nitrogens with zero attached hydrogens (tertiary/aromatic N) is 1. The van der Waals surface area contributed by atoms with Crippen molar-refractivity contribution in [3.8, 4) is 0 Å². The number of benzene rings is 2. The minimum Gasteiger partial charge on any atom is -0.444 e. The standard InChI is InChI=1S/C20H19ClN2O4/c1-20(2,3)27-19(26)22-13-9-8-12(16(21)10-13)11-23-17(24)14-6-4-5-7-15(14)18(23)25/h4-10H,11H2,1-3H3,(H,22,26). The minimum atomic E-state index is -0.612. The van der Waals surface area contributed by atoms with Crippen molar-refractivity contribution in [3.05, 3.63) is 64.2 Å². The highest BCUT2D eigenvalue weighted by Gasteiger charge is 2.35. The van der Waals surface area contributed by atoms with Gasteiger partial charge in [-0.1, -0.05) is 29.8 Å². The monoisotopic (exact) mass is 386 g/mol. The van der Waals surface area contributed by atoms with Crippen LogP contribution in [0.15, 0.2) is 42.5 Å². The molecule has 0 saturated heterocycles. The number of hydrogen-bond acceptors (Lipinski definition) is 4. The summed E-state index contributed by atoms with van der Waals surface area (Å²) < 4.78 is 5.19. The normalized spacial score (nSPS) is 13.6. The third-order valence-electron chi connectivity index (χ3n) is 3.90. The first-order chi connectivity index (χ1) is 12.7. The maximum absolute atomic E-state index is 12.5. The molecule has 0 unspecified atom stereocenters. The molecule has 3 amide bonds. The zero-order valence-corrected chi connectivity index (χ0v) is 16.0. The SMILES string of the molecule is CC(C)(C)OC(=O)Nc1ccc(CN2C(=O)c3ccccc3C2=O)c(Cl)c1. The number of carbonyl (C=O) groups excluding carboxylic acids is 3. The van der Waals surface area contributed by atoms with E-state index in [2.05, 4.69) is 5.32 Å². The maximum Gasteiger partial charge on any atom is 0.412 e. The van der Waals surface area contributed by atoms with Gasteiger partial charge in [-0.15, -0.1) is 0 Å². The van der Waals surface area contributed by atoms with Crippen LogP contribution in [0.2, 0.25) is 5.02 Å². The molecule has 1 N–H and O–H groups in total. The Morgan fingerprint density at radius 1 is 1.07 bits per heavy atom. The van der Waals surface area contributed by atoms with Gasteiger partial charge in [0.25, 0.3) is 11.8 Å². The summed E-state index contributed by atoms with van der Waals surface area (Å²) in [4.78, 5) is 37.9. The summed E-state index contributed by atoms with van der Waals surface area (Å²) >= 11 is 6.29. The topological polar surface area (TPSA) is 75.7 Å². The predicted octanol–water partition coefficient (Wildman–Crippen LogP) is 4.48. The van der Waals surface area contributed by atoms with Crippen molar-refractivity contribution in [2.75, 3.05) is 5.32 Å². The lowest BCUT2D eigenvalue weighted by atomic mass is 10.1.